The second-order valence-electron chi connectivity index (χ2n) is 5.72. The lowest BCUT2D eigenvalue weighted by Gasteiger charge is -2.08. The van der Waals surface area contributed by atoms with Crippen LogP contribution in [0.5, 0.6) is 5.75 Å². The van der Waals surface area contributed by atoms with E-state index in [1.54, 1.807) is 42.7 Å². The topological polar surface area (TPSA) is 112 Å². The molecule has 4 rings (SSSR count). The summed E-state index contributed by atoms with van der Waals surface area (Å²) in [5.41, 5.74) is -0.604. The van der Waals surface area contributed by atoms with Gasteiger partial charge in [0.1, 0.15) is 17.7 Å². The predicted octanol–water partition coefficient (Wildman–Crippen LogP) is 2.42. The third-order valence-corrected chi connectivity index (χ3v) is 3.90. The molecule has 0 radical (unpaired) electrons. The number of carbonyl (C=O) groups excluding carboxylic acids is 1. The van der Waals surface area contributed by atoms with Crippen molar-refractivity contribution in [3.8, 4) is 11.6 Å². The molecule has 140 valence electrons. The van der Waals surface area contributed by atoms with Gasteiger partial charge in [-0.1, -0.05) is 12.1 Å². The van der Waals surface area contributed by atoms with Gasteiger partial charge in [-0.25, -0.2) is 19.4 Å². The molecule has 1 aromatic carbocycles. The first-order valence-corrected chi connectivity index (χ1v) is 8.49. The zero-order valence-corrected chi connectivity index (χ0v) is 14.8. The van der Waals surface area contributed by atoms with Gasteiger partial charge in [0.2, 0.25) is 0 Å². The molecule has 28 heavy (non-hydrogen) atoms. The molecule has 3 heterocycles. The second kappa shape index (κ2) is 7.31. The van der Waals surface area contributed by atoms with Crippen LogP contribution in [0, 0.1) is 0 Å². The molecular weight excluding hydrogens is 362 g/mol. The maximum absolute atomic E-state index is 12.6. The van der Waals surface area contributed by atoms with Crippen molar-refractivity contribution < 1.29 is 13.9 Å². The fourth-order valence-corrected chi connectivity index (χ4v) is 2.67. The number of nitrogens with one attached hydrogen (secondary N) is 1. The molecule has 0 unspecified atom stereocenters. The number of carbonyl (C=O) groups is 1. The van der Waals surface area contributed by atoms with Crippen molar-refractivity contribution in [1.29, 1.82) is 0 Å². The highest BCUT2D eigenvalue weighted by molar-refractivity contribution is 6.05. The number of benzene rings is 1. The minimum absolute atomic E-state index is 0.139. The number of amides is 1. The van der Waals surface area contributed by atoms with Crippen molar-refractivity contribution in [2.45, 2.75) is 6.92 Å². The third-order valence-electron chi connectivity index (χ3n) is 3.90. The van der Waals surface area contributed by atoms with Crippen LogP contribution < -0.4 is 15.7 Å². The van der Waals surface area contributed by atoms with Gasteiger partial charge in [-0.3, -0.25) is 4.79 Å². The molecule has 0 aliphatic heterocycles. The zero-order chi connectivity index (χ0) is 19.5. The number of anilines is 1. The second-order valence-corrected chi connectivity index (χ2v) is 5.72. The van der Waals surface area contributed by atoms with Gasteiger partial charge >= 0.3 is 5.63 Å². The number of rotatable bonds is 5. The van der Waals surface area contributed by atoms with E-state index in [1.165, 1.54) is 17.1 Å². The van der Waals surface area contributed by atoms with Gasteiger partial charge in [0, 0.05) is 23.8 Å². The van der Waals surface area contributed by atoms with Gasteiger partial charge in [-0.05, 0) is 25.1 Å². The average Bonchev–Trinajstić information content (AvgIpc) is 3.23. The van der Waals surface area contributed by atoms with Gasteiger partial charge in [0.25, 0.3) is 5.91 Å². The molecule has 1 amide bonds. The summed E-state index contributed by atoms with van der Waals surface area (Å²) in [5, 5.41) is 7.24. The standard InChI is InChI=1S/C19H15N5O4/c1-2-27-14-6-3-5-12-9-13(19(26)28-17(12)14)18(25)23-15-10-16(21-11-20-15)24-8-4-7-22-24/h3-11H,2H2,1H3,(H,20,21,23,25). The largest absolute Gasteiger partial charge is 0.490 e. The van der Waals surface area contributed by atoms with E-state index in [2.05, 4.69) is 20.4 Å². The molecule has 1 N–H and O–H groups in total. The number of hydrogen-bond donors (Lipinski definition) is 1. The molecule has 9 nitrogen and oxygen atoms in total. The zero-order valence-electron chi connectivity index (χ0n) is 14.8. The van der Waals surface area contributed by atoms with Crippen molar-refractivity contribution in [3.05, 3.63) is 71.1 Å². The Kier molecular flexibility index (Phi) is 4.55. The van der Waals surface area contributed by atoms with Crippen LogP contribution in [0.3, 0.4) is 0 Å². The first kappa shape index (κ1) is 17.4. The van der Waals surface area contributed by atoms with Gasteiger partial charge in [0.05, 0.1) is 6.61 Å². The van der Waals surface area contributed by atoms with Crippen molar-refractivity contribution in [2.24, 2.45) is 0 Å². The number of fused-ring (bicyclic) bond motifs is 1. The first-order chi connectivity index (χ1) is 13.7. The highest BCUT2D eigenvalue weighted by Gasteiger charge is 2.16. The lowest BCUT2D eigenvalue weighted by molar-refractivity contribution is 0.102. The van der Waals surface area contributed by atoms with E-state index in [9.17, 15) is 9.59 Å². The number of ether oxygens (including phenoxy) is 1. The maximum Gasteiger partial charge on any atom is 0.349 e. The first-order valence-electron chi connectivity index (χ1n) is 8.49. The molecule has 3 aromatic heterocycles. The highest BCUT2D eigenvalue weighted by Crippen LogP contribution is 2.25. The van der Waals surface area contributed by atoms with Gasteiger partial charge in [-0.2, -0.15) is 5.10 Å². The molecule has 9 heteroatoms. The normalized spacial score (nSPS) is 10.8. The quantitative estimate of drug-likeness (QED) is 0.532. The highest BCUT2D eigenvalue weighted by atomic mass is 16.5. The summed E-state index contributed by atoms with van der Waals surface area (Å²) in [6, 6.07) is 9.95. The van der Waals surface area contributed by atoms with Crippen LogP contribution >= 0.6 is 0 Å². The van der Waals surface area contributed by atoms with Crippen molar-refractivity contribution in [2.75, 3.05) is 11.9 Å². The van der Waals surface area contributed by atoms with Crippen LogP contribution in [0.15, 0.2) is 64.3 Å². The van der Waals surface area contributed by atoms with Crippen LogP contribution in [0.1, 0.15) is 17.3 Å². The maximum atomic E-state index is 12.6. The van der Waals surface area contributed by atoms with E-state index < -0.39 is 11.5 Å². The molecule has 0 spiro atoms. The van der Waals surface area contributed by atoms with Crippen LogP contribution in [0.4, 0.5) is 5.82 Å². The number of hydrogen-bond acceptors (Lipinski definition) is 7. The molecule has 0 saturated heterocycles. The fourth-order valence-electron chi connectivity index (χ4n) is 2.67. The number of nitrogens with zero attached hydrogens (tertiary/aromatic N) is 4. The Labute approximate surface area is 158 Å². The Morgan fingerprint density at radius 1 is 1.25 bits per heavy atom. The lowest BCUT2D eigenvalue weighted by atomic mass is 10.1. The Hall–Kier alpha value is -4.01. The summed E-state index contributed by atoms with van der Waals surface area (Å²) >= 11 is 0. The molecule has 0 atom stereocenters. The van der Waals surface area contributed by atoms with Gasteiger partial charge in [-0.15, -0.1) is 0 Å². The average molecular weight is 377 g/mol. The molecule has 0 aliphatic rings. The summed E-state index contributed by atoms with van der Waals surface area (Å²) in [5.74, 6) is 0.515. The van der Waals surface area contributed by atoms with E-state index in [0.717, 1.165) is 0 Å². The lowest BCUT2D eigenvalue weighted by Crippen LogP contribution is -2.21. The SMILES string of the molecule is CCOc1cccc2cc(C(=O)Nc3cc(-n4cccn4)ncn3)c(=O)oc12. The predicted molar refractivity (Wildman–Crippen MR) is 101 cm³/mol. The van der Waals surface area contributed by atoms with Gasteiger partial charge < -0.3 is 14.5 Å². The van der Waals surface area contributed by atoms with Crippen molar-refractivity contribution >= 4 is 22.7 Å². The van der Waals surface area contributed by atoms with E-state index in [1.807, 2.05) is 6.92 Å². The molecule has 4 aromatic rings. The fraction of sp³-hybridized carbons (Fsp3) is 0.105. The molecular formula is C19H15N5O4. The minimum atomic E-state index is -0.765. The molecule has 0 bridgehead atoms. The molecule has 0 aliphatic carbocycles. The smallest absolute Gasteiger partial charge is 0.349 e. The monoisotopic (exact) mass is 377 g/mol. The van der Waals surface area contributed by atoms with Crippen molar-refractivity contribution in [1.82, 2.24) is 19.7 Å². The van der Waals surface area contributed by atoms with Crippen LogP contribution in [-0.4, -0.2) is 32.3 Å². The number of para-hydroxylation sites is 1. The van der Waals surface area contributed by atoms with Crippen LogP contribution in [0.25, 0.3) is 16.8 Å². The summed E-state index contributed by atoms with van der Waals surface area (Å²) in [6.07, 6.45) is 4.61. The number of aromatic nitrogens is 4. The van der Waals surface area contributed by atoms with Crippen LogP contribution in [-0.2, 0) is 0 Å². The summed E-state index contributed by atoms with van der Waals surface area (Å²) in [6.45, 7) is 2.26. The van der Waals surface area contributed by atoms with Gasteiger partial charge in [0.15, 0.2) is 17.2 Å². The van der Waals surface area contributed by atoms with E-state index in [4.69, 9.17) is 9.15 Å². The Balaban J connectivity index is 1.65. The van der Waals surface area contributed by atoms with E-state index >= 15 is 0 Å². The summed E-state index contributed by atoms with van der Waals surface area (Å²) in [7, 11) is 0. The summed E-state index contributed by atoms with van der Waals surface area (Å²) < 4.78 is 12.3. The molecule has 0 saturated carbocycles. The summed E-state index contributed by atoms with van der Waals surface area (Å²) in [4.78, 5) is 33.0. The molecule has 0 fully saturated rings. The Morgan fingerprint density at radius 2 is 2.14 bits per heavy atom. The Bertz CT molecular complexity index is 1200. The van der Waals surface area contributed by atoms with E-state index in [0.29, 0.717) is 29.1 Å². The van der Waals surface area contributed by atoms with E-state index in [-0.39, 0.29) is 11.4 Å². The Morgan fingerprint density at radius 3 is 2.93 bits per heavy atom. The minimum Gasteiger partial charge on any atom is -0.490 e. The van der Waals surface area contributed by atoms with Crippen molar-refractivity contribution in [3.63, 3.8) is 0 Å². The third kappa shape index (κ3) is 3.32. The van der Waals surface area contributed by atoms with Crippen LogP contribution in [0.2, 0.25) is 0 Å².